The number of esters is 1. The molecule has 3 unspecified atom stereocenters. The topological polar surface area (TPSA) is 127 Å². The number of aryl methyl sites for hydroxylation is 1. The van der Waals surface area contributed by atoms with Crippen molar-refractivity contribution in [3.8, 4) is 5.75 Å². The molecule has 7 heteroatoms. The van der Waals surface area contributed by atoms with Crippen LogP contribution in [-0.4, -0.2) is 62.5 Å². The minimum absolute atomic E-state index is 0.0810. The van der Waals surface area contributed by atoms with Crippen molar-refractivity contribution >= 4 is 5.97 Å². The molecule has 5 atom stereocenters. The number of unbranched alkanes of at least 4 members (excludes halogenated alkanes) is 1. The zero-order chi connectivity index (χ0) is 22.3. The summed E-state index contributed by atoms with van der Waals surface area (Å²) in [6, 6.07) is 3.26. The fraction of sp³-hybridized carbons (Fsp3) is 0.609. The summed E-state index contributed by atoms with van der Waals surface area (Å²) >= 11 is 0. The lowest BCUT2D eigenvalue weighted by atomic mass is 9.91. The van der Waals surface area contributed by atoms with E-state index in [0.29, 0.717) is 31.2 Å². The lowest BCUT2D eigenvalue weighted by molar-refractivity contribution is -0.0448. The number of ether oxygens (including phenoxy) is 1. The summed E-state index contributed by atoms with van der Waals surface area (Å²) in [7, 11) is 0. The fourth-order valence-corrected chi connectivity index (χ4v) is 3.63. The van der Waals surface area contributed by atoms with Crippen LogP contribution in [0.2, 0.25) is 0 Å². The van der Waals surface area contributed by atoms with Gasteiger partial charge in [0.15, 0.2) is 0 Å². The Labute approximate surface area is 177 Å². The Hall–Kier alpha value is -1.93. The van der Waals surface area contributed by atoms with Crippen LogP contribution in [0.4, 0.5) is 0 Å². The van der Waals surface area contributed by atoms with Gasteiger partial charge < -0.3 is 30.3 Å². The number of rotatable bonds is 4. The molecule has 0 spiro atoms. The van der Waals surface area contributed by atoms with Crippen molar-refractivity contribution in [2.45, 2.75) is 76.8 Å². The molecule has 0 bridgehead atoms. The third-order valence-electron chi connectivity index (χ3n) is 5.76. The molecule has 2 rings (SSSR count). The van der Waals surface area contributed by atoms with E-state index in [9.17, 15) is 25.2 Å². The standard InChI is InChI=1S/C23H34O7/c1-14-9-11-20(27)22(28)19(26)8-5-7-17-16(6-3-4-13-24)10-12-18(25)21(17)23(29)30-15(14)2/h9-12,14-15,19-20,22,24-28H,3-8,13H2,1-2H3/b11-9-/t14?,15-,19-,20?,22?/m0/s1. The van der Waals surface area contributed by atoms with Crippen LogP contribution >= 0.6 is 0 Å². The molecule has 30 heavy (non-hydrogen) atoms. The van der Waals surface area contributed by atoms with Gasteiger partial charge in [0, 0.05) is 12.5 Å². The largest absolute Gasteiger partial charge is 0.507 e. The van der Waals surface area contributed by atoms with E-state index in [0.717, 1.165) is 12.0 Å². The molecule has 0 saturated carbocycles. The predicted octanol–water partition coefficient (Wildman–Crippen LogP) is 1.86. The zero-order valence-corrected chi connectivity index (χ0v) is 17.7. The lowest BCUT2D eigenvalue weighted by Crippen LogP contribution is -2.36. The third kappa shape index (κ3) is 6.28. The van der Waals surface area contributed by atoms with Gasteiger partial charge in [-0.25, -0.2) is 4.79 Å². The van der Waals surface area contributed by atoms with Gasteiger partial charge in [0.1, 0.15) is 29.6 Å². The van der Waals surface area contributed by atoms with Gasteiger partial charge in [0.2, 0.25) is 0 Å². The van der Waals surface area contributed by atoms with Gasteiger partial charge in [0.25, 0.3) is 0 Å². The van der Waals surface area contributed by atoms with Crippen molar-refractivity contribution in [1.29, 1.82) is 0 Å². The number of hydrogen-bond donors (Lipinski definition) is 5. The molecule has 168 valence electrons. The molecule has 1 aliphatic rings. The van der Waals surface area contributed by atoms with Crippen molar-refractivity contribution < 1.29 is 35.1 Å². The maximum Gasteiger partial charge on any atom is 0.342 e. The summed E-state index contributed by atoms with van der Waals surface area (Å²) in [6.07, 6.45) is 1.90. The summed E-state index contributed by atoms with van der Waals surface area (Å²) in [5.41, 5.74) is 1.68. The molecule has 5 N–H and O–H groups in total. The van der Waals surface area contributed by atoms with Gasteiger partial charge in [0.05, 0.1) is 6.10 Å². The average molecular weight is 423 g/mol. The van der Waals surface area contributed by atoms with Gasteiger partial charge in [-0.2, -0.15) is 0 Å². The summed E-state index contributed by atoms with van der Waals surface area (Å²) in [5.74, 6) is -1.02. The Balaban J connectivity index is 2.41. The predicted molar refractivity (Wildman–Crippen MR) is 112 cm³/mol. The minimum Gasteiger partial charge on any atom is -0.507 e. The molecule has 0 saturated heterocycles. The fourth-order valence-electron chi connectivity index (χ4n) is 3.63. The van der Waals surface area contributed by atoms with Crippen molar-refractivity contribution in [3.05, 3.63) is 41.0 Å². The third-order valence-corrected chi connectivity index (χ3v) is 5.76. The van der Waals surface area contributed by atoms with E-state index >= 15 is 0 Å². The molecule has 0 aliphatic carbocycles. The molecule has 0 fully saturated rings. The zero-order valence-electron chi connectivity index (χ0n) is 17.7. The molecule has 1 aliphatic heterocycles. The summed E-state index contributed by atoms with van der Waals surface area (Å²) in [6.45, 7) is 3.61. The van der Waals surface area contributed by atoms with Crippen LogP contribution in [0.25, 0.3) is 0 Å². The summed E-state index contributed by atoms with van der Waals surface area (Å²) in [4.78, 5) is 12.9. The second-order valence-electron chi connectivity index (χ2n) is 8.07. The number of benzene rings is 1. The van der Waals surface area contributed by atoms with Crippen molar-refractivity contribution in [2.75, 3.05) is 6.61 Å². The van der Waals surface area contributed by atoms with E-state index < -0.39 is 30.4 Å². The van der Waals surface area contributed by atoms with E-state index in [-0.39, 0.29) is 30.3 Å². The lowest BCUT2D eigenvalue weighted by Gasteiger charge is -2.24. The smallest absolute Gasteiger partial charge is 0.342 e. The van der Waals surface area contributed by atoms with Gasteiger partial charge in [-0.1, -0.05) is 25.1 Å². The Morgan fingerprint density at radius 3 is 2.53 bits per heavy atom. The number of aromatic hydroxyl groups is 1. The molecule has 1 aromatic carbocycles. The van der Waals surface area contributed by atoms with Crippen LogP contribution in [0, 0.1) is 5.92 Å². The normalized spacial score (nSPS) is 29.5. The molecule has 0 radical (unpaired) electrons. The monoisotopic (exact) mass is 422 g/mol. The second-order valence-corrected chi connectivity index (χ2v) is 8.07. The summed E-state index contributed by atoms with van der Waals surface area (Å²) in [5, 5.41) is 50.1. The van der Waals surface area contributed by atoms with Crippen molar-refractivity contribution in [1.82, 2.24) is 0 Å². The number of carbonyl (C=O) groups is 1. The van der Waals surface area contributed by atoms with Gasteiger partial charge in [-0.15, -0.1) is 0 Å². The number of phenols is 1. The van der Waals surface area contributed by atoms with Crippen molar-refractivity contribution in [3.63, 3.8) is 0 Å². The second kappa shape index (κ2) is 11.5. The van der Waals surface area contributed by atoms with Crippen LogP contribution < -0.4 is 0 Å². The average Bonchev–Trinajstić information content (AvgIpc) is 2.71. The van der Waals surface area contributed by atoms with Crippen molar-refractivity contribution in [2.24, 2.45) is 5.92 Å². The van der Waals surface area contributed by atoms with Crippen LogP contribution in [0.15, 0.2) is 24.3 Å². The van der Waals surface area contributed by atoms with E-state index in [1.54, 1.807) is 19.1 Å². The number of aliphatic hydroxyl groups excluding tert-OH is 4. The number of fused-ring (bicyclic) bond motifs is 1. The quantitative estimate of drug-likeness (QED) is 0.285. The highest BCUT2D eigenvalue weighted by Crippen LogP contribution is 2.30. The number of hydrogen-bond acceptors (Lipinski definition) is 7. The highest BCUT2D eigenvalue weighted by Gasteiger charge is 2.27. The van der Waals surface area contributed by atoms with E-state index in [2.05, 4.69) is 0 Å². The van der Waals surface area contributed by atoms with Crippen LogP contribution in [0.3, 0.4) is 0 Å². The Morgan fingerprint density at radius 2 is 1.83 bits per heavy atom. The Kier molecular flexibility index (Phi) is 9.30. The van der Waals surface area contributed by atoms with Crippen LogP contribution in [-0.2, 0) is 17.6 Å². The molecule has 0 aromatic heterocycles. The molecular formula is C23H34O7. The SMILES string of the molecule is CC1/C=C\C(O)C(O)[C@@H](O)CCCc2c(CCCCO)ccc(O)c2C(=O)O[C@H]1C. The van der Waals surface area contributed by atoms with E-state index in [4.69, 9.17) is 9.84 Å². The van der Waals surface area contributed by atoms with Gasteiger partial charge in [-0.3, -0.25) is 0 Å². The minimum atomic E-state index is -1.32. The van der Waals surface area contributed by atoms with Gasteiger partial charge >= 0.3 is 5.97 Å². The first-order valence-corrected chi connectivity index (χ1v) is 10.6. The molecule has 1 heterocycles. The first-order valence-electron chi connectivity index (χ1n) is 10.6. The Morgan fingerprint density at radius 1 is 1.10 bits per heavy atom. The maximum atomic E-state index is 12.9. The number of carbonyl (C=O) groups excluding carboxylic acids is 1. The molecular weight excluding hydrogens is 388 g/mol. The van der Waals surface area contributed by atoms with E-state index in [1.807, 2.05) is 6.92 Å². The van der Waals surface area contributed by atoms with Gasteiger partial charge in [-0.05, 0) is 62.6 Å². The Bertz CT molecular complexity index is 731. The molecule has 1 aromatic rings. The van der Waals surface area contributed by atoms with Crippen LogP contribution in [0.1, 0.15) is 61.0 Å². The first-order chi connectivity index (χ1) is 14.3. The summed E-state index contributed by atoms with van der Waals surface area (Å²) < 4.78 is 5.59. The molecule has 0 amide bonds. The number of phenolic OH excluding ortho intramolecular Hbond substituents is 1. The highest BCUT2D eigenvalue weighted by molar-refractivity contribution is 5.94. The van der Waals surface area contributed by atoms with E-state index in [1.165, 1.54) is 12.1 Å². The first kappa shape index (κ1) is 24.3. The number of cyclic esters (lactones) is 1. The van der Waals surface area contributed by atoms with Crippen LogP contribution in [0.5, 0.6) is 5.75 Å². The maximum absolute atomic E-state index is 12.9. The highest BCUT2D eigenvalue weighted by atomic mass is 16.5. The molecule has 7 nitrogen and oxygen atoms in total. The number of aliphatic hydroxyl groups is 4.